The van der Waals surface area contributed by atoms with E-state index in [0.717, 1.165) is 18.6 Å². The van der Waals surface area contributed by atoms with Crippen LogP contribution in [0.25, 0.3) is 22.0 Å². The van der Waals surface area contributed by atoms with Crippen LogP contribution in [0.3, 0.4) is 0 Å². The zero-order valence-corrected chi connectivity index (χ0v) is 24.6. The van der Waals surface area contributed by atoms with E-state index in [1.165, 1.54) is 24.3 Å². The predicted octanol–water partition coefficient (Wildman–Crippen LogP) is 6.75. The van der Waals surface area contributed by atoms with Gasteiger partial charge < -0.3 is 23.6 Å². The van der Waals surface area contributed by atoms with Crippen molar-refractivity contribution in [2.75, 3.05) is 13.2 Å². The lowest BCUT2D eigenvalue weighted by Crippen LogP contribution is -2.35. The van der Waals surface area contributed by atoms with E-state index in [0.29, 0.717) is 30.2 Å². The number of nitrogens with zero attached hydrogens (tertiary/aromatic N) is 4. The van der Waals surface area contributed by atoms with Crippen LogP contribution >= 0.6 is 11.6 Å². The van der Waals surface area contributed by atoms with Crippen LogP contribution in [0.4, 0.5) is 22.0 Å². The van der Waals surface area contributed by atoms with Gasteiger partial charge in [-0.25, -0.2) is 19.2 Å². The second-order valence-corrected chi connectivity index (χ2v) is 11.6. The number of furan rings is 1. The molecule has 0 spiro atoms. The van der Waals surface area contributed by atoms with Crippen molar-refractivity contribution >= 4 is 39.6 Å². The van der Waals surface area contributed by atoms with E-state index in [4.69, 9.17) is 25.5 Å². The summed E-state index contributed by atoms with van der Waals surface area (Å²) in [7, 11) is 0. The number of benzene rings is 2. The zero-order chi connectivity index (χ0) is 32.3. The molecule has 0 unspecified atom stereocenters. The van der Waals surface area contributed by atoms with E-state index >= 15 is 4.39 Å². The highest BCUT2D eigenvalue weighted by Crippen LogP contribution is 2.39. The molecular formula is C31H24ClF5N4O5. The highest BCUT2D eigenvalue weighted by Gasteiger charge is 2.37. The van der Waals surface area contributed by atoms with Crippen LogP contribution in [-0.4, -0.2) is 49.8 Å². The molecule has 46 heavy (non-hydrogen) atoms. The maximum Gasteiger partial charge on any atom is 0.421 e. The molecule has 3 aromatic heterocycles. The van der Waals surface area contributed by atoms with E-state index in [-0.39, 0.29) is 64.7 Å². The smallest absolute Gasteiger partial charge is 0.421 e. The van der Waals surface area contributed by atoms with Gasteiger partial charge in [0.25, 0.3) is 6.01 Å². The van der Waals surface area contributed by atoms with Crippen LogP contribution in [0.1, 0.15) is 45.0 Å². The molecule has 2 aromatic carbocycles. The number of ether oxygens (including phenoxy) is 2. The Hall–Kier alpha value is -4.27. The lowest BCUT2D eigenvalue weighted by molar-refractivity contribution is -0.139. The Morgan fingerprint density at radius 3 is 2.67 bits per heavy atom. The minimum Gasteiger partial charge on any atom is -0.478 e. The lowest BCUT2D eigenvalue weighted by Gasteiger charge is -2.30. The van der Waals surface area contributed by atoms with Gasteiger partial charge in [0.1, 0.15) is 29.1 Å². The van der Waals surface area contributed by atoms with Gasteiger partial charge in [-0.15, -0.1) is 0 Å². The van der Waals surface area contributed by atoms with Gasteiger partial charge in [0.15, 0.2) is 5.82 Å². The van der Waals surface area contributed by atoms with Crippen LogP contribution in [-0.2, 0) is 43.6 Å². The van der Waals surface area contributed by atoms with E-state index in [1.54, 1.807) is 4.57 Å². The number of alkyl halides is 3. The molecule has 1 atom stereocenters. The summed E-state index contributed by atoms with van der Waals surface area (Å²) in [4.78, 5) is 22.4. The fourth-order valence-electron chi connectivity index (χ4n) is 5.87. The van der Waals surface area contributed by atoms with E-state index < -0.39 is 47.6 Å². The van der Waals surface area contributed by atoms with Crippen LogP contribution in [0.15, 0.2) is 40.8 Å². The highest BCUT2D eigenvalue weighted by molar-refractivity contribution is 6.35. The summed E-state index contributed by atoms with van der Waals surface area (Å²) < 4.78 is 89.3. The second-order valence-electron chi connectivity index (χ2n) is 11.2. The van der Waals surface area contributed by atoms with Crippen molar-refractivity contribution in [3.05, 3.63) is 87.0 Å². The third-order valence-corrected chi connectivity index (χ3v) is 8.61. The fourth-order valence-corrected chi connectivity index (χ4v) is 6.07. The minimum atomic E-state index is -4.76. The number of hydrogen-bond donors (Lipinski definition) is 1. The molecule has 0 amide bonds. The van der Waals surface area contributed by atoms with Crippen LogP contribution in [0, 0.1) is 11.8 Å². The van der Waals surface area contributed by atoms with Crippen molar-refractivity contribution in [2.24, 2.45) is 0 Å². The molecule has 0 aliphatic carbocycles. The molecule has 1 fully saturated rings. The van der Waals surface area contributed by atoms with Crippen LogP contribution in [0.5, 0.6) is 5.88 Å². The number of carbonyl (C=O) groups is 1. The highest BCUT2D eigenvalue weighted by atomic mass is 35.5. The summed E-state index contributed by atoms with van der Waals surface area (Å²) in [6.07, 6.45) is -3.94. The number of imidazole rings is 1. The number of aromatic carboxylic acids is 1. The number of aromatic nitrogens is 3. The fraction of sp³-hybridized carbons (Fsp3) is 0.323. The van der Waals surface area contributed by atoms with Crippen LogP contribution in [0.2, 0.25) is 5.02 Å². The van der Waals surface area contributed by atoms with Crippen molar-refractivity contribution < 1.29 is 45.7 Å². The number of halogens is 6. The maximum atomic E-state index is 15.4. The standard InChI is InChI=1S/C31H24ClF5N4O5/c32-21-3-1-16(28-19(21)10-24(33)46-28)14-45-29-20(31(35,36)37)9-15-5-7-40(12-23(15)39-29)13-25-38-22-4-2-18(30(42)43)26(34)27(22)41(25)11-17-6-8-44-17/h1-4,9-10,17H,5-8,11-14H2,(H,42,43)/t17-/m0/s1. The summed E-state index contributed by atoms with van der Waals surface area (Å²) in [5, 5.41) is 9.93. The van der Waals surface area contributed by atoms with Gasteiger partial charge >= 0.3 is 12.1 Å². The molecule has 0 bridgehead atoms. The van der Waals surface area contributed by atoms with Crippen LogP contribution < -0.4 is 4.74 Å². The van der Waals surface area contributed by atoms with Gasteiger partial charge in [0.2, 0.25) is 5.88 Å². The molecule has 0 saturated carbocycles. The molecule has 5 aromatic rings. The normalized spacial score (nSPS) is 17.0. The van der Waals surface area contributed by atoms with Gasteiger partial charge in [0, 0.05) is 36.7 Å². The first-order valence-corrected chi connectivity index (χ1v) is 14.7. The molecule has 5 heterocycles. The number of carboxylic acids is 1. The van der Waals surface area contributed by atoms with Gasteiger partial charge in [-0.2, -0.15) is 17.6 Å². The monoisotopic (exact) mass is 662 g/mol. The Bertz CT molecular complexity index is 2010. The largest absolute Gasteiger partial charge is 0.478 e. The third kappa shape index (κ3) is 5.54. The number of carboxylic acid groups (broad SMARTS) is 1. The Morgan fingerprint density at radius 2 is 1.96 bits per heavy atom. The molecular weight excluding hydrogens is 639 g/mol. The number of hydrogen-bond acceptors (Lipinski definition) is 7. The Labute approximate surface area is 262 Å². The van der Waals surface area contributed by atoms with Crippen molar-refractivity contribution in [1.82, 2.24) is 19.4 Å². The summed E-state index contributed by atoms with van der Waals surface area (Å²) in [5.41, 5.74) is -0.0621. The molecule has 1 N–H and O–H groups in total. The van der Waals surface area contributed by atoms with Crippen molar-refractivity contribution in [3.63, 3.8) is 0 Å². The van der Waals surface area contributed by atoms with Gasteiger partial charge in [0.05, 0.1) is 41.0 Å². The topological polar surface area (TPSA) is 103 Å². The predicted molar refractivity (Wildman–Crippen MR) is 154 cm³/mol. The average molecular weight is 663 g/mol. The van der Waals surface area contributed by atoms with Gasteiger partial charge in [-0.05, 0) is 42.7 Å². The summed E-state index contributed by atoms with van der Waals surface area (Å²) in [5.74, 6) is -2.48. The Morgan fingerprint density at radius 1 is 1.15 bits per heavy atom. The van der Waals surface area contributed by atoms with E-state index in [1.807, 2.05) is 4.90 Å². The summed E-state index contributed by atoms with van der Waals surface area (Å²) >= 11 is 6.10. The van der Waals surface area contributed by atoms with Gasteiger partial charge in [-0.3, -0.25) is 4.90 Å². The number of pyridine rings is 1. The Kier molecular flexibility index (Phi) is 7.60. The van der Waals surface area contributed by atoms with Crippen molar-refractivity contribution in [2.45, 2.75) is 51.4 Å². The first-order chi connectivity index (χ1) is 22.0. The molecule has 1 saturated heterocycles. The molecule has 7 rings (SSSR count). The number of rotatable bonds is 8. The molecule has 15 heteroatoms. The first kappa shape index (κ1) is 30.4. The second kappa shape index (κ2) is 11.5. The van der Waals surface area contributed by atoms with Crippen molar-refractivity contribution in [1.29, 1.82) is 0 Å². The van der Waals surface area contributed by atoms with E-state index in [9.17, 15) is 27.5 Å². The van der Waals surface area contributed by atoms with E-state index in [2.05, 4.69) is 9.97 Å². The van der Waals surface area contributed by atoms with Crippen molar-refractivity contribution in [3.8, 4) is 5.88 Å². The first-order valence-electron chi connectivity index (χ1n) is 14.3. The molecule has 2 aliphatic rings. The Balaban J connectivity index is 1.18. The minimum absolute atomic E-state index is 0.0548. The molecule has 9 nitrogen and oxygen atoms in total. The SMILES string of the molecule is O=C(O)c1ccc2nc(CN3CCc4cc(C(F)(F)F)c(OCc5ccc(Cl)c6cc(F)oc56)nc4C3)n(C[C@@H]3CCO3)c2c1F. The average Bonchev–Trinajstić information content (AvgIpc) is 3.54. The quantitative estimate of drug-likeness (QED) is 0.182. The summed E-state index contributed by atoms with van der Waals surface area (Å²) in [6.45, 7) is 1.13. The third-order valence-electron chi connectivity index (χ3n) is 8.28. The molecule has 240 valence electrons. The lowest BCUT2D eigenvalue weighted by atomic mass is 10.0. The molecule has 2 aliphatic heterocycles. The zero-order valence-electron chi connectivity index (χ0n) is 23.8. The maximum absolute atomic E-state index is 15.4. The number of fused-ring (bicyclic) bond motifs is 3. The molecule has 0 radical (unpaired) electrons. The van der Waals surface area contributed by atoms with Gasteiger partial charge in [-0.1, -0.05) is 17.7 Å². The summed E-state index contributed by atoms with van der Waals surface area (Å²) in [6, 6.07) is 6.78.